The average Bonchev–Trinajstić information content (AvgIpc) is 2.77. The molecule has 0 aromatic carbocycles. The van der Waals surface area contributed by atoms with Crippen molar-refractivity contribution in [1.82, 2.24) is 5.32 Å². The summed E-state index contributed by atoms with van der Waals surface area (Å²) < 4.78 is 5.40. The normalized spacial score (nSPS) is 10.7. The zero-order chi connectivity index (χ0) is 14.3. The van der Waals surface area contributed by atoms with Gasteiger partial charge < -0.3 is 15.8 Å². The van der Waals surface area contributed by atoms with Crippen molar-refractivity contribution >= 4 is 17.2 Å². The molecule has 0 spiro atoms. The summed E-state index contributed by atoms with van der Waals surface area (Å²) in [5.41, 5.74) is 5.96. The van der Waals surface area contributed by atoms with E-state index in [1.54, 1.807) is 11.3 Å². The third kappa shape index (κ3) is 6.39. The molecule has 0 aliphatic carbocycles. The van der Waals surface area contributed by atoms with Gasteiger partial charge in [0.15, 0.2) is 0 Å². The quantitative estimate of drug-likeness (QED) is 0.821. The monoisotopic (exact) mass is 280 g/mol. The topological polar surface area (TPSA) is 64.3 Å². The Labute approximate surface area is 118 Å². The standard InChI is InChI=1S/C14H20N2O2S/c1-14(2,3)18-10-13(17)16-9-12-11(5-4-7-15)6-8-19-12/h6,8H,7,9-10,15H2,1-3H3,(H,16,17). The number of amides is 1. The second-order valence-electron chi connectivity index (χ2n) is 4.94. The maximum atomic E-state index is 11.6. The summed E-state index contributed by atoms with van der Waals surface area (Å²) in [5.74, 6) is 5.67. The van der Waals surface area contributed by atoms with Gasteiger partial charge in [-0.1, -0.05) is 11.8 Å². The molecule has 1 heterocycles. The highest BCUT2D eigenvalue weighted by molar-refractivity contribution is 7.10. The van der Waals surface area contributed by atoms with Gasteiger partial charge in [-0.3, -0.25) is 4.79 Å². The lowest BCUT2D eigenvalue weighted by atomic mass is 10.2. The molecule has 0 unspecified atom stereocenters. The van der Waals surface area contributed by atoms with Gasteiger partial charge in [-0.25, -0.2) is 0 Å². The van der Waals surface area contributed by atoms with E-state index < -0.39 is 0 Å². The molecular formula is C14H20N2O2S. The Hall–Kier alpha value is -1.35. The van der Waals surface area contributed by atoms with E-state index in [0.29, 0.717) is 13.1 Å². The van der Waals surface area contributed by atoms with E-state index in [-0.39, 0.29) is 18.1 Å². The Morgan fingerprint density at radius 3 is 2.89 bits per heavy atom. The molecular weight excluding hydrogens is 260 g/mol. The van der Waals surface area contributed by atoms with Gasteiger partial charge in [-0.2, -0.15) is 0 Å². The van der Waals surface area contributed by atoms with Gasteiger partial charge in [0.2, 0.25) is 5.91 Å². The van der Waals surface area contributed by atoms with Crippen molar-refractivity contribution in [2.75, 3.05) is 13.2 Å². The molecule has 1 aromatic rings. The van der Waals surface area contributed by atoms with E-state index in [0.717, 1.165) is 10.4 Å². The number of hydrogen-bond acceptors (Lipinski definition) is 4. The Morgan fingerprint density at radius 1 is 1.53 bits per heavy atom. The summed E-state index contributed by atoms with van der Waals surface area (Å²) in [7, 11) is 0. The fourth-order valence-electron chi connectivity index (χ4n) is 1.25. The van der Waals surface area contributed by atoms with Gasteiger partial charge in [0.25, 0.3) is 0 Å². The molecule has 4 nitrogen and oxygen atoms in total. The van der Waals surface area contributed by atoms with Crippen molar-refractivity contribution in [2.45, 2.75) is 32.9 Å². The summed E-state index contributed by atoms with van der Waals surface area (Å²) in [6.07, 6.45) is 0. The van der Waals surface area contributed by atoms with Crippen LogP contribution >= 0.6 is 11.3 Å². The molecule has 5 heteroatoms. The van der Waals surface area contributed by atoms with Crippen LogP contribution in [0.4, 0.5) is 0 Å². The molecule has 0 fully saturated rings. The first kappa shape index (κ1) is 15.7. The molecule has 0 saturated carbocycles. The highest BCUT2D eigenvalue weighted by Gasteiger charge is 2.13. The lowest BCUT2D eigenvalue weighted by Crippen LogP contribution is -2.31. The molecule has 0 bridgehead atoms. The fraction of sp³-hybridized carbons (Fsp3) is 0.500. The second-order valence-corrected chi connectivity index (χ2v) is 5.94. The number of carbonyl (C=O) groups is 1. The van der Waals surface area contributed by atoms with Crippen LogP contribution in [0.1, 0.15) is 31.2 Å². The van der Waals surface area contributed by atoms with E-state index in [1.807, 2.05) is 32.2 Å². The molecule has 3 N–H and O–H groups in total. The van der Waals surface area contributed by atoms with Crippen LogP contribution in [0.2, 0.25) is 0 Å². The van der Waals surface area contributed by atoms with Gasteiger partial charge in [-0.15, -0.1) is 11.3 Å². The van der Waals surface area contributed by atoms with Crippen LogP contribution in [0.3, 0.4) is 0 Å². The fourth-order valence-corrected chi connectivity index (χ4v) is 2.02. The highest BCUT2D eigenvalue weighted by atomic mass is 32.1. The average molecular weight is 280 g/mol. The number of thiophene rings is 1. The summed E-state index contributed by atoms with van der Waals surface area (Å²) >= 11 is 1.57. The zero-order valence-electron chi connectivity index (χ0n) is 11.6. The van der Waals surface area contributed by atoms with E-state index in [2.05, 4.69) is 17.2 Å². The van der Waals surface area contributed by atoms with Crippen molar-refractivity contribution < 1.29 is 9.53 Å². The Kier molecular flexibility index (Phi) is 6.03. The van der Waals surface area contributed by atoms with E-state index >= 15 is 0 Å². The number of rotatable bonds is 4. The molecule has 19 heavy (non-hydrogen) atoms. The number of ether oxygens (including phenoxy) is 1. The van der Waals surface area contributed by atoms with Gasteiger partial charge in [0, 0.05) is 10.4 Å². The van der Waals surface area contributed by atoms with Crippen LogP contribution < -0.4 is 11.1 Å². The van der Waals surface area contributed by atoms with Crippen molar-refractivity contribution in [2.24, 2.45) is 5.73 Å². The van der Waals surface area contributed by atoms with Crippen LogP contribution in [0.25, 0.3) is 0 Å². The SMILES string of the molecule is CC(C)(C)OCC(=O)NCc1sccc1C#CCN. The minimum absolute atomic E-state index is 0.0681. The van der Waals surface area contributed by atoms with Crippen LogP contribution in [-0.2, 0) is 16.1 Å². The first-order chi connectivity index (χ1) is 8.92. The molecule has 0 aliphatic rings. The number of carbonyl (C=O) groups excluding carboxylic acids is 1. The first-order valence-electron chi connectivity index (χ1n) is 6.08. The Balaban J connectivity index is 2.44. The van der Waals surface area contributed by atoms with Crippen molar-refractivity contribution in [3.05, 3.63) is 21.9 Å². The van der Waals surface area contributed by atoms with Crippen molar-refractivity contribution in [3.63, 3.8) is 0 Å². The molecule has 1 aromatic heterocycles. The van der Waals surface area contributed by atoms with Crippen LogP contribution in [0.15, 0.2) is 11.4 Å². The maximum absolute atomic E-state index is 11.6. The number of nitrogens with one attached hydrogen (secondary N) is 1. The van der Waals surface area contributed by atoms with Crippen LogP contribution in [-0.4, -0.2) is 24.7 Å². The zero-order valence-corrected chi connectivity index (χ0v) is 12.4. The molecule has 0 radical (unpaired) electrons. The number of nitrogens with two attached hydrogens (primary N) is 1. The summed E-state index contributed by atoms with van der Waals surface area (Å²) in [6, 6.07) is 1.93. The smallest absolute Gasteiger partial charge is 0.246 e. The Morgan fingerprint density at radius 2 is 2.26 bits per heavy atom. The van der Waals surface area contributed by atoms with Crippen LogP contribution in [0, 0.1) is 11.8 Å². The van der Waals surface area contributed by atoms with Gasteiger partial charge in [0.1, 0.15) is 6.61 Å². The van der Waals surface area contributed by atoms with Gasteiger partial charge in [0.05, 0.1) is 18.7 Å². The third-order valence-corrected chi connectivity index (χ3v) is 3.07. The molecule has 104 valence electrons. The molecule has 1 rings (SSSR count). The second kappa shape index (κ2) is 7.29. The van der Waals surface area contributed by atoms with E-state index in [4.69, 9.17) is 10.5 Å². The number of hydrogen-bond donors (Lipinski definition) is 2. The summed E-state index contributed by atoms with van der Waals surface area (Å²) in [6.45, 7) is 6.62. The van der Waals surface area contributed by atoms with Gasteiger partial charge >= 0.3 is 0 Å². The molecule has 1 amide bonds. The highest BCUT2D eigenvalue weighted by Crippen LogP contribution is 2.15. The summed E-state index contributed by atoms with van der Waals surface area (Å²) in [5, 5.41) is 4.77. The van der Waals surface area contributed by atoms with Crippen molar-refractivity contribution in [3.8, 4) is 11.8 Å². The molecule has 0 atom stereocenters. The van der Waals surface area contributed by atoms with Gasteiger partial charge in [-0.05, 0) is 32.2 Å². The lowest BCUT2D eigenvalue weighted by molar-refractivity contribution is -0.130. The maximum Gasteiger partial charge on any atom is 0.246 e. The predicted octanol–water partition coefficient (Wildman–Crippen LogP) is 1.49. The lowest BCUT2D eigenvalue weighted by Gasteiger charge is -2.18. The third-order valence-electron chi connectivity index (χ3n) is 2.15. The molecule has 0 saturated heterocycles. The van der Waals surface area contributed by atoms with E-state index in [9.17, 15) is 4.79 Å². The van der Waals surface area contributed by atoms with Crippen molar-refractivity contribution in [1.29, 1.82) is 0 Å². The predicted molar refractivity (Wildman–Crippen MR) is 77.8 cm³/mol. The first-order valence-corrected chi connectivity index (χ1v) is 6.96. The summed E-state index contributed by atoms with van der Waals surface area (Å²) in [4.78, 5) is 12.7. The largest absolute Gasteiger partial charge is 0.366 e. The minimum atomic E-state index is -0.308. The Bertz CT molecular complexity index is 478. The van der Waals surface area contributed by atoms with Crippen LogP contribution in [0.5, 0.6) is 0 Å². The molecule has 0 aliphatic heterocycles. The minimum Gasteiger partial charge on any atom is -0.366 e. The van der Waals surface area contributed by atoms with E-state index in [1.165, 1.54) is 0 Å².